The van der Waals surface area contributed by atoms with Crippen molar-refractivity contribution in [2.75, 3.05) is 26.2 Å². The van der Waals surface area contributed by atoms with E-state index in [1.165, 1.54) is 0 Å². The lowest BCUT2D eigenvalue weighted by atomic mass is 10.3. The summed E-state index contributed by atoms with van der Waals surface area (Å²) in [5, 5.41) is 15.8. The lowest BCUT2D eigenvalue weighted by molar-refractivity contribution is 0.368. The Morgan fingerprint density at radius 2 is 1.19 bits per heavy atom. The zero-order valence-electron chi connectivity index (χ0n) is 9.47. The lowest BCUT2D eigenvalue weighted by Gasteiger charge is -2.11. The van der Waals surface area contributed by atoms with Crippen molar-refractivity contribution in [3.8, 4) is 0 Å². The fraction of sp³-hybridized carbons (Fsp3) is 0.667. The average Bonchev–Trinajstić information content (AvgIpc) is 2.75. The Hall–Kier alpha value is -1.16. The van der Waals surface area contributed by atoms with Crippen LogP contribution in [0.3, 0.4) is 0 Å². The molecule has 16 heavy (non-hydrogen) atoms. The summed E-state index contributed by atoms with van der Waals surface area (Å²) in [5.74, 6) is 0. The van der Waals surface area contributed by atoms with E-state index in [1.54, 1.807) is 12.4 Å². The summed E-state index contributed by atoms with van der Waals surface area (Å²) in [6.45, 7) is 4.56. The van der Waals surface area contributed by atoms with Crippen molar-refractivity contribution in [1.29, 1.82) is 0 Å². The molecule has 0 amide bonds. The number of piperazine rings is 1. The Labute approximate surface area is 91.6 Å². The van der Waals surface area contributed by atoms with Crippen LogP contribution in [0, 0.1) is 0 Å². The van der Waals surface area contributed by atoms with Crippen molar-refractivity contribution in [2.45, 2.75) is 0 Å². The fourth-order valence-electron chi connectivity index (χ4n) is 0.770. The summed E-state index contributed by atoms with van der Waals surface area (Å²) in [7, 11) is -6.00. The zero-order valence-corrected chi connectivity index (χ0v) is 8.47. The first kappa shape index (κ1) is 14.8. The highest BCUT2D eigenvalue weighted by Gasteiger charge is 2.20. The predicted molar refractivity (Wildman–Crippen MR) is 53.4 cm³/mol. The number of hydrogen-bond donors (Lipinski definition) is 3. The first-order valence-corrected chi connectivity index (χ1v) is 4.58. The molecular weight excluding hydrogens is 229 g/mol. The summed E-state index contributed by atoms with van der Waals surface area (Å²) in [6.07, 6.45) is 3.17. The average molecular weight is 243 g/mol. The Morgan fingerprint density at radius 3 is 1.31 bits per heavy atom. The van der Waals surface area contributed by atoms with Gasteiger partial charge < -0.3 is 27.9 Å². The molecule has 1 aromatic heterocycles. The highest BCUT2D eigenvalue weighted by Crippen LogP contribution is 2.06. The summed E-state index contributed by atoms with van der Waals surface area (Å²) in [6, 6.07) is 0. The van der Waals surface area contributed by atoms with Crippen molar-refractivity contribution < 1.29 is 18.7 Å². The highest BCUT2D eigenvalue weighted by atomic mass is 19.5. The predicted octanol–water partition coefficient (Wildman–Crippen LogP) is 0.396. The largest absolute Gasteiger partial charge is 1.00 e. The SMILES string of the molecule is C1CNCCN1.F[B-](F)(F)F.[H+].c1cn[nH]n1. The quantitative estimate of drug-likeness (QED) is 0.455. The van der Waals surface area contributed by atoms with Crippen LogP contribution in [0.2, 0.25) is 0 Å². The van der Waals surface area contributed by atoms with Gasteiger partial charge in [-0.2, -0.15) is 15.4 Å². The summed E-state index contributed by atoms with van der Waals surface area (Å²) in [5.41, 5.74) is 0. The second-order valence-electron chi connectivity index (χ2n) is 2.65. The second kappa shape index (κ2) is 9.10. The standard InChI is InChI=1S/C4H10N2.C2H3N3.BF4/c1-2-6-4-3-5-1;1-2-4-5-3-1;2-1(3,4)5/h5-6H,1-4H2;1-2H,(H,3,4,5);/q;;-1/p+1. The molecule has 10 heteroatoms. The maximum Gasteiger partial charge on any atom is 1.00 e. The number of hydrogen-bond acceptors (Lipinski definition) is 4. The van der Waals surface area contributed by atoms with Gasteiger partial charge in [0.1, 0.15) is 0 Å². The number of rotatable bonds is 0. The molecule has 1 aliphatic rings. The van der Waals surface area contributed by atoms with Crippen molar-refractivity contribution in [3.05, 3.63) is 12.4 Å². The van der Waals surface area contributed by atoms with Crippen LogP contribution in [0.1, 0.15) is 1.43 Å². The maximum atomic E-state index is 9.75. The third kappa shape index (κ3) is 18.6. The molecule has 0 bridgehead atoms. The Balaban J connectivity index is 0. The molecule has 5 nitrogen and oxygen atoms in total. The zero-order chi connectivity index (χ0) is 12.3. The Kier molecular flexibility index (Phi) is 8.44. The molecule has 3 N–H and O–H groups in total. The smallest absolute Gasteiger partial charge is 0.418 e. The van der Waals surface area contributed by atoms with E-state index in [1.807, 2.05) is 0 Å². The van der Waals surface area contributed by atoms with E-state index in [2.05, 4.69) is 26.0 Å². The van der Waals surface area contributed by atoms with E-state index in [0.717, 1.165) is 26.2 Å². The van der Waals surface area contributed by atoms with E-state index in [-0.39, 0.29) is 1.43 Å². The molecule has 2 heterocycles. The van der Waals surface area contributed by atoms with Gasteiger partial charge in [-0.3, -0.25) is 0 Å². The molecular formula is C6H14BF4N5. The van der Waals surface area contributed by atoms with Gasteiger partial charge in [-0.1, -0.05) is 0 Å². The van der Waals surface area contributed by atoms with Crippen LogP contribution >= 0.6 is 0 Å². The number of halogens is 4. The number of aromatic amines is 1. The monoisotopic (exact) mass is 243 g/mol. The van der Waals surface area contributed by atoms with Crippen molar-refractivity contribution in [2.24, 2.45) is 0 Å². The van der Waals surface area contributed by atoms with Crippen LogP contribution < -0.4 is 10.6 Å². The van der Waals surface area contributed by atoms with E-state index < -0.39 is 7.25 Å². The summed E-state index contributed by atoms with van der Waals surface area (Å²) in [4.78, 5) is 0. The maximum absolute atomic E-state index is 9.75. The molecule has 0 aliphatic carbocycles. The van der Waals surface area contributed by atoms with Gasteiger partial charge in [-0.15, -0.1) is 0 Å². The molecule has 0 spiro atoms. The molecule has 1 saturated heterocycles. The molecule has 0 unspecified atom stereocenters. The van der Waals surface area contributed by atoms with Gasteiger partial charge in [0.05, 0.1) is 12.4 Å². The first-order valence-electron chi connectivity index (χ1n) is 4.58. The van der Waals surface area contributed by atoms with Crippen molar-refractivity contribution in [1.82, 2.24) is 26.0 Å². The van der Waals surface area contributed by atoms with Gasteiger partial charge in [0, 0.05) is 26.2 Å². The molecule has 1 fully saturated rings. The van der Waals surface area contributed by atoms with Gasteiger partial charge in [0.15, 0.2) is 0 Å². The highest BCUT2D eigenvalue weighted by molar-refractivity contribution is 6.50. The van der Waals surface area contributed by atoms with E-state index in [9.17, 15) is 17.3 Å². The third-order valence-corrected chi connectivity index (χ3v) is 1.29. The Morgan fingerprint density at radius 1 is 0.875 bits per heavy atom. The summed E-state index contributed by atoms with van der Waals surface area (Å²) >= 11 is 0. The van der Waals surface area contributed by atoms with Crippen molar-refractivity contribution >= 4 is 7.25 Å². The first-order chi connectivity index (χ1) is 7.50. The second-order valence-corrected chi connectivity index (χ2v) is 2.65. The molecule has 0 radical (unpaired) electrons. The van der Waals surface area contributed by atoms with E-state index in [4.69, 9.17) is 0 Å². The normalized spacial score (nSPS) is 15.2. The number of nitrogens with zero attached hydrogens (tertiary/aromatic N) is 2. The van der Waals surface area contributed by atoms with E-state index in [0.29, 0.717) is 0 Å². The van der Waals surface area contributed by atoms with Gasteiger partial charge in [0.2, 0.25) is 0 Å². The minimum absolute atomic E-state index is 0. The molecule has 2 rings (SSSR count). The minimum atomic E-state index is -6.00. The molecule has 94 valence electrons. The van der Waals surface area contributed by atoms with Gasteiger partial charge >= 0.3 is 8.68 Å². The Bertz CT molecular complexity index is 196. The van der Waals surface area contributed by atoms with Crippen molar-refractivity contribution in [3.63, 3.8) is 0 Å². The molecule has 0 aromatic carbocycles. The van der Waals surface area contributed by atoms with Crippen LogP contribution in [0.4, 0.5) is 17.3 Å². The molecule has 1 aliphatic heterocycles. The number of H-pyrrole nitrogens is 1. The van der Waals surface area contributed by atoms with E-state index >= 15 is 0 Å². The van der Waals surface area contributed by atoms with Crippen LogP contribution in [-0.4, -0.2) is 48.8 Å². The molecule has 0 atom stereocenters. The molecule has 0 saturated carbocycles. The van der Waals surface area contributed by atoms with Gasteiger partial charge in [-0.05, 0) is 0 Å². The van der Waals surface area contributed by atoms with Crippen LogP contribution in [0.15, 0.2) is 12.4 Å². The number of nitrogens with one attached hydrogen (secondary N) is 3. The van der Waals surface area contributed by atoms with Gasteiger partial charge in [0.25, 0.3) is 0 Å². The van der Waals surface area contributed by atoms with Crippen LogP contribution in [-0.2, 0) is 0 Å². The fourth-order valence-corrected chi connectivity index (χ4v) is 0.770. The third-order valence-electron chi connectivity index (χ3n) is 1.29. The summed E-state index contributed by atoms with van der Waals surface area (Å²) < 4.78 is 39.0. The number of aromatic nitrogens is 3. The lowest BCUT2D eigenvalue weighted by Crippen LogP contribution is -2.39. The van der Waals surface area contributed by atoms with Crippen LogP contribution in [0.25, 0.3) is 0 Å². The van der Waals surface area contributed by atoms with Gasteiger partial charge in [-0.25, -0.2) is 0 Å². The topological polar surface area (TPSA) is 65.6 Å². The molecule has 1 aromatic rings. The van der Waals surface area contributed by atoms with Crippen LogP contribution in [0.5, 0.6) is 0 Å². The minimum Gasteiger partial charge on any atom is -0.418 e.